The Morgan fingerprint density at radius 1 is 1.15 bits per heavy atom. The molecule has 5 nitrogen and oxygen atoms in total. The lowest BCUT2D eigenvalue weighted by Crippen LogP contribution is -2.41. The predicted octanol–water partition coefficient (Wildman–Crippen LogP) is 1.05. The molecule has 0 aromatic heterocycles. The molecule has 20 heavy (non-hydrogen) atoms. The average molecular weight is 278 g/mol. The van der Waals surface area contributed by atoms with Crippen LogP contribution in [0.4, 0.5) is 0 Å². The van der Waals surface area contributed by atoms with Crippen molar-refractivity contribution >= 4 is 11.9 Å². The van der Waals surface area contributed by atoms with E-state index in [-0.39, 0.29) is 11.9 Å². The van der Waals surface area contributed by atoms with Crippen LogP contribution in [0.3, 0.4) is 0 Å². The summed E-state index contributed by atoms with van der Waals surface area (Å²) in [6.07, 6.45) is 9.24. The van der Waals surface area contributed by atoms with Crippen LogP contribution in [0, 0.1) is 11.8 Å². The van der Waals surface area contributed by atoms with Crippen molar-refractivity contribution < 1.29 is 14.7 Å². The molecule has 3 N–H and O–H groups in total. The van der Waals surface area contributed by atoms with Crippen LogP contribution in [0.5, 0.6) is 0 Å². The zero-order valence-electron chi connectivity index (χ0n) is 11.5. The first-order chi connectivity index (χ1) is 9.60. The first kappa shape index (κ1) is 13.6. The Hall–Kier alpha value is -1.36. The van der Waals surface area contributed by atoms with E-state index in [2.05, 4.69) is 10.6 Å². The molecule has 0 aromatic rings. The molecule has 4 unspecified atom stereocenters. The van der Waals surface area contributed by atoms with E-state index >= 15 is 0 Å². The third-order valence-electron chi connectivity index (χ3n) is 4.79. The van der Waals surface area contributed by atoms with Gasteiger partial charge >= 0.3 is 5.97 Å². The zero-order valence-corrected chi connectivity index (χ0v) is 11.5. The molecule has 0 saturated carbocycles. The van der Waals surface area contributed by atoms with Gasteiger partial charge in [0.2, 0.25) is 5.91 Å². The highest BCUT2D eigenvalue weighted by molar-refractivity contribution is 5.78. The highest BCUT2D eigenvalue weighted by Gasteiger charge is 2.34. The lowest BCUT2D eigenvalue weighted by Gasteiger charge is -2.29. The normalized spacial score (nSPS) is 38.9. The number of carboxylic acid groups (broad SMARTS) is 1. The molecule has 3 aliphatic rings. The summed E-state index contributed by atoms with van der Waals surface area (Å²) in [5.74, 6) is -0.714. The minimum absolute atomic E-state index is 0.0667. The van der Waals surface area contributed by atoms with E-state index in [9.17, 15) is 9.59 Å². The maximum Gasteiger partial charge on any atom is 0.310 e. The monoisotopic (exact) mass is 278 g/mol. The Bertz CT molecular complexity index is 423. The first-order valence-corrected chi connectivity index (χ1v) is 7.56. The summed E-state index contributed by atoms with van der Waals surface area (Å²) in [6.45, 7) is 0. The number of carbonyl (C=O) groups is 2. The maximum atomic E-state index is 12.1. The number of amides is 1. The summed E-state index contributed by atoms with van der Waals surface area (Å²) in [5.41, 5.74) is 0. The molecule has 2 heterocycles. The Labute approximate surface area is 118 Å². The van der Waals surface area contributed by atoms with Gasteiger partial charge in [0.1, 0.15) is 0 Å². The van der Waals surface area contributed by atoms with Crippen molar-refractivity contribution in [3.05, 3.63) is 12.2 Å². The molecule has 4 atom stereocenters. The number of piperidine rings is 1. The SMILES string of the molecule is O=C(CC1CC2CCC(C1)N2)NC1C=CC(C(=O)O)C1. The van der Waals surface area contributed by atoms with Gasteiger partial charge in [0.05, 0.1) is 5.92 Å². The number of nitrogens with one attached hydrogen (secondary N) is 2. The number of aliphatic carboxylic acids is 1. The van der Waals surface area contributed by atoms with Crippen molar-refractivity contribution in [3.63, 3.8) is 0 Å². The van der Waals surface area contributed by atoms with Crippen molar-refractivity contribution in [1.29, 1.82) is 0 Å². The molecule has 1 amide bonds. The second kappa shape index (κ2) is 5.56. The summed E-state index contributed by atoms with van der Waals surface area (Å²) in [6, 6.07) is 1.10. The summed E-state index contributed by atoms with van der Waals surface area (Å²) in [5, 5.41) is 15.4. The fourth-order valence-corrected chi connectivity index (χ4v) is 3.86. The van der Waals surface area contributed by atoms with Crippen molar-refractivity contribution in [2.45, 2.75) is 56.7 Å². The van der Waals surface area contributed by atoms with Crippen molar-refractivity contribution in [1.82, 2.24) is 10.6 Å². The summed E-state index contributed by atoms with van der Waals surface area (Å²) in [7, 11) is 0. The highest BCUT2D eigenvalue weighted by Crippen LogP contribution is 2.32. The third-order valence-corrected chi connectivity index (χ3v) is 4.79. The number of hydrogen-bond donors (Lipinski definition) is 3. The largest absolute Gasteiger partial charge is 0.481 e. The second-order valence-electron chi connectivity index (χ2n) is 6.42. The van der Waals surface area contributed by atoms with Gasteiger partial charge in [-0.15, -0.1) is 0 Å². The van der Waals surface area contributed by atoms with Crippen LogP contribution in [-0.2, 0) is 9.59 Å². The predicted molar refractivity (Wildman–Crippen MR) is 74.1 cm³/mol. The van der Waals surface area contributed by atoms with Crippen molar-refractivity contribution in [2.24, 2.45) is 11.8 Å². The van der Waals surface area contributed by atoms with Gasteiger partial charge in [0.25, 0.3) is 0 Å². The van der Waals surface area contributed by atoms with Gasteiger partial charge in [0, 0.05) is 24.5 Å². The number of carboxylic acids is 1. The topological polar surface area (TPSA) is 78.4 Å². The molecule has 2 aliphatic heterocycles. The number of carbonyl (C=O) groups excluding carboxylic acids is 1. The minimum atomic E-state index is -0.812. The first-order valence-electron chi connectivity index (χ1n) is 7.56. The van der Waals surface area contributed by atoms with Crippen molar-refractivity contribution in [3.8, 4) is 0 Å². The van der Waals surface area contributed by atoms with Gasteiger partial charge in [0.15, 0.2) is 0 Å². The Balaban J connectivity index is 1.44. The van der Waals surface area contributed by atoms with Gasteiger partial charge in [-0.1, -0.05) is 12.2 Å². The smallest absolute Gasteiger partial charge is 0.310 e. The fourth-order valence-electron chi connectivity index (χ4n) is 3.86. The summed E-state index contributed by atoms with van der Waals surface area (Å²) < 4.78 is 0. The summed E-state index contributed by atoms with van der Waals surface area (Å²) >= 11 is 0. The average Bonchev–Trinajstić information content (AvgIpc) is 2.96. The standard InChI is InChI=1S/C15H22N2O3/c18-14(17-13-2-1-10(8-13)15(19)20)7-9-5-11-3-4-12(6-9)16-11/h1-2,9-13,16H,3-8H2,(H,17,18)(H,19,20). The van der Waals surface area contributed by atoms with Gasteiger partial charge in [-0.2, -0.15) is 0 Å². The van der Waals surface area contributed by atoms with Gasteiger partial charge in [-0.3, -0.25) is 9.59 Å². The lowest BCUT2D eigenvalue weighted by molar-refractivity contribution is -0.140. The third kappa shape index (κ3) is 3.03. The molecule has 1 aliphatic carbocycles. The zero-order chi connectivity index (χ0) is 14.1. The maximum absolute atomic E-state index is 12.1. The van der Waals surface area contributed by atoms with E-state index in [1.165, 1.54) is 12.8 Å². The van der Waals surface area contributed by atoms with E-state index in [4.69, 9.17) is 5.11 Å². The van der Waals surface area contributed by atoms with Crippen LogP contribution in [0.25, 0.3) is 0 Å². The quantitative estimate of drug-likeness (QED) is 0.672. The molecular weight excluding hydrogens is 256 g/mol. The van der Waals surface area contributed by atoms with Crippen LogP contribution in [0.2, 0.25) is 0 Å². The molecule has 110 valence electrons. The molecule has 0 aromatic carbocycles. The molecular formula is C15H22N2O3. The molecule has 2 bridgehead atoms. The van der Waals surface area contributed by atoms with Gasteiger partial charge in [-0.05, 0) is 38.0 Å². The minimum Gasteiger partial charge on any atom is -0.481 e. The van der Waals surface area contributed by atoms with E-state index in [0.717, 1.165) is 12.8 Å². The van der Waals surface area contributed by atoms with Crippen LogP contribution < -0.4 is 10.6 Å². The van der Waals surface area contributed by atoms with E-state index in [1.807, 2.05) is 6.08 Å². The van der Waals surface area contributed by atoms with E-state index < -0.39 is 11.9 Å². The second-order valence-corrected chi connectivity index (χ2v) is 6.42. The number of fused-ring (bicyclic) bond motifs is 2. The van der Waals surface area contributed by atoms with E-state index in [0.29, 0.717) is 30.8 Å². The molecule has 2 saturated heterocycles. The van der Waals surface area contributed by atoms with Crippen LogP contribution in [0.15, 0.2) is 12.2 Å². The Morgan fingerprint density at radius 3 is 2.45 bits per heavy atom. The Kier molecular flexibility index (Phi) is 3.78. The van der Waals surface area contributed by atoms with E-state index in [1.54, 1.807) is 6.08 Å². The lowest BCUT2D eigenvalue weighted by atomic mass is 9.89. The van der Waals surface area contributed by atoms with Crippen molar-refractivity contribution in [2.75, 3.05) is 0 Å². The molecule has 0 radical (unpaired) electrons. The summed E-state index contributed by atoms with van der Waals surface area (Å²) in [4.78, 5) is 22.9. The van der Waals surface area contributed by atoms with Gasteiger partial charge in [-0.25, -0.2) is 0 Å². The van der Waals surface area contributed by atoms with Crippen LogP contribution >= 0.6 is 0 Å². The molecule has 2 fully saturated rings. The molecule has 3 rings (SSSR count). The van der Waals surface area contributed by atoms with Crippen LogP contribution in [-0.4, -0.2) is 35.1 Å². The van der Waals surface area contributed by atoms with Crippen LogP contribution in [0.1, 0.15) is 38.5 Å². The number of rotatable bonds is 4. The van der Waals surface area contributed by atoms with Gasteiger partial charge < -0.3 is 15.7 Å². The number of hydrogen-bond acceptors (Lipinski definition) is 3. The molecule has 5 heteroatoms. The highest BCUT2D eigenvalue weighted by atomic mass is 16.4. The fraction of sp³-hybridized carbons (Fsp3) is 0.733. The molecule has 0 spiro atoms. The Morgan fingerprint density at radius 2 is 1.85 bits per heavy atom.